The summed E-state index contributed by atoms with van der Waals surface area (Å²) in [5.74, 6) is -1.37. The van der Waals surface area contributed by atoms with Crippen molar-refractivity contribution in [1.29, 1.82) is 0 Å². The molecular formula is C12H13ClFNO2. The Labute approximate surface area is 104 Å². The largest absolute Gasteiger partial charge is 0.345 e. The van der Waals surface area contributed by atoms with E-state index in [1.807, 2.05) is 0 Å². The van der Waals surface area contributed by atoms with Gasteiger partial charge >= 0.3 is 0 Å². The number of amides is 1. The summed E-state index contributed by atoms with van der Waals surface area (Å²) >= 11 is 5.49. The first kappa shape index (κ1) is 13.6. The Morgan fingerprint density at radius 3 is 2.59 bits per heavy atom. The fourth-order valence-corrected chi connectivity index (χ4v) is 1.23. The topological polar surface area (TPSA) is 46.2 Å². The van der Waals surface area contributed by atoms with Gasteiger partial charge in [-0.15, -0.1) is 0 Å². The van der Waals surface area contributed by atoms with Crippen molar-refractivity contribution in [3.8, 4) is 0 Å². The highest BCUT2D eigenvalue weighted by Crippen LogP contribution is 2.15. The summed E-state index contributed by atoms with van der Waals surface area (Å²) in [6, 6.07) is 3.74. The van der Waals surface area contributed by atoms with E-state index in [4.69, 9.17) is 11.6 Å². The van der Waals surface area contributed by atoms with E-state index in [0.717, 1.165) is 6.07 Å². The molecule has 0 heterocycles. The Bertz CT molecular complexity index is 446. The molecule has 1 aromatic rings. The maximum absolute atomic E-state index is 13.1. The van der Waals surface area contributed by atoms with Crippen LogP contribution >= 0.6 is 11.6 Å². The van der Waals surface area contributed by atoms with Gasteiger partial charge in [-0.05, 0) is 18.2 Å². The highest BCUT2D eigenvalue weighted by Gasteiger charge is 2.12. The highest BCUT2D eigenvalue weighted by molar-refractivity contribution is 6.30. The van der Waals surface area contributed by atoms with Crippen molar-refractivity contribution in [3.05, 3.63) is 34.6 Å². The van der Waals surface area contributed by atoms with Crippen LogP contribution in [-0.4, -0.2) is 18.2 Å². The normalized spacial score (nSPS) is 10.4. The summed E-state index contributed by atoms with van der Waals surface area (Å²) < 4.78 is 13.1. The van der Waals surface area contributed by atoms with E-state index < -0.39 is 11.7 Å². The second kappa shape index (κ2) is 5.77. The zero-order valence-corrected chi connectivity index (χ0v) is 10.3. The SMILES string of the molecule is CC(C)C(=O)CNC(=O)c1ccc(Cl)c(F)c1. The van der Waals surface area contributed by atoms with Crippen molar-refractivity contribution in [3.63, 3.8) is 0 Å². The van der Waals surface area contributed by atoms with Gasteiger partial charge in [0.25, 0.3) is 5.91 Å². The molecule has 5 heteroatoms. The summed E-state index contributed by atoms with van der Waals surface area (Å²) in [7, 11) is 0. The summed E-state index contributed by atoms with van der Waals surface area (Å²) in [4.78, 5) is 22.9. The Hall–Kier alpha value is -1.42. The van der Waals surface area contributed by atoms with Gasteiger partial charge in [0.15, 0.2) is 5.78 Å². The number of Topliss-reactive ketones (excluding diaryl/α,β-unsaturated/α-hetero) is 1. The van der Waals surface area contributed by atoms with Gasteiger partial charge in [-0.3, -0.25) is 9.59 Å². The molecule has 3 nitrogen and oxygen atoms in total. The van der Waals surface area contributed by atoms with Gasteiger partial charge in [0.1, 0.15) is 5.82 Å². The summed E-state index contributed by atoms with van der Waals surface area (Å²) in [6.07, 6.45) is 0. The Balaban J connectivity index is 2.64. The molecule has 0 atom stereocenters. The molecule has 0 bridgehead atoms. The number of benzene rings is 1. The van der Waals surface area contributed by atoms with Crippen LogP contribution in [0.25, 0.3) is 0 Å². The third kappa shape index (κ3) is 3.82. The lowest BCUT2D eigenvalue weighted by atomic mass is 10.1. The number of ketones is 1. The second-order valence-electron chi connectivity index (χ2n) is 3.93. The van der Waals surface area contributed by atoms with Crippen LogP contribution in [0.2, 0.25) is 5.02 Å². The van der Waals surface area contributed by atoms with Gasteiger partial charge in [-0.2, -0.15) is 0 Å². The zero-order chi connectivity index (χ0) is 13.0. The molecule has 0 spiro atoms. The lowest BCUT2D eigenvalue weighted by molar-refractivity contribution is -0.120. The van der Waals surface area contributed by atoms with Crippen LogP contribution in [0, 0.1) is 11.7 Å². The molecule has 0 aliphatic heterocycles. The van der Waals surface area contributed by atoms with E-state index in [-0.39, 0.29) is 28.8 Å². The molecule has 0 fully saturated rings. The number of rotatable bonds is 4. The minimum Gasteiger partial charge on any atom is -0.345 e. The van der Waals surface area contributed by atoms with Crippen LogP contribution in [0.3, 0.4) is 0 Å². The predicted molar refractivity (Wildman–Crippen MR) is 63.6 cm³/mol. The van der Waals surface area contributed by atoms with Crippen LogP contribution in [0.1, 0.15) is 24.2 Å². The standard InChI is InChI=1S/C12H13ClFNO2/c1-7(2)11(16)6-15-12(17)8-3-4-9(13)10(14)5-8/h3-5,7H,6H2,1-2H3,(H,15,17). The molecule has 0 aliphatic rings. The lowest BCUT2D eigenvalue weighted by Crippen LogP contribution is -2.31. The van der Waals surface area contributed by atoms with E-state index >= 15 is 0 Å². The number of halogens is 2. The summed E-state index contributed by atoms with van der Waals surface area (Å²) in [5, 5.41) is 2.39. The molecule has 0 saturated heterocycles. The van der Waals surface area contributed by atoms with E-state index in [2.05, 4.69) is 5.32 Å². The van der Waals surface area contributed by atoms with Gasteiger partial charge in [-0.25, -0.2) is 4.39 Å². The fraction of sp³-hybridized carbons (Fsp3) is 0.333. The Morgan fingerprint density at radius 1 is 1.41 bits per heavy atom. The minimum absolute atomic E-state index is 0.0418. The fourth-order valence-electron chi connectivity index (χ4n) is 1.11. The highest BCUT2D eigenvalue weighted by atomic mass is 35.5. The van der Waals surface area contributed by atoms with E-state index in [0.29, 0.717) is 0 Å². The smallest absolute Gasteiger partial charge is 0.251 e. The molecule has 0 saturated carbocycles. The predicted octanol–water partition coefficient (Wildman–Crippen LogP) is 2.43. The Kier molecular flexibility index (Phi) is 4.63. The summed E-state index contributed by atoms with van der Waals surface area (Å²) in [5.41, 5.74) is 0.142. The molecule has 0 aliphatic carbocycles. The second-order valence-corrected chi connectivity index (χ2v) is 4.34. The maximum atomic E-state index is 13.1. The van der Waals surface area contributed by atoms with Crippen LogP contribution < -0.4 is 5.32 Å². The molecule has 17 heavy (non-hydrogen) atoms. The quantitative estimate of drug-likeness (QED) is 0.901. The number of carbonyl (C=O) groups is 2. The molecule has 1 aromatic carbocycles. The number of hydrogen-bond acceptors (Lipinski definition) is 2. The van der Waals surface area contributed by atoms with Gasteiger partial charge in [0.05, 0.1) is 11.6 Å². The molecule has 92 valence electrons. The third-order valence-electron chi connectivity index (χ3n) is 2.25. The number of carbonyl (C=O) groups excluding carboxylic acids is 2. The van der Waals surface area contributed by atoms with Gasteiger partial charge in [-0.1, -0.05) is 25.4 Å². The van der Waals surface area contributed by atoms with E-state index in [1.54, 1.807) is 13.8 Å². The molecular weight excluding hydrogens is 245 g/mol. The van der Waals surface area contributed by atoms with Crippen LogP contribution in [-0.2, 0) is 4.79 Å². The molecule has 1 N–H and O–H groups in total. The van der Waals surface area contributed by atoms with Crippen molar-refractivity contribution in [2.45, 2.75) is 13.8 Å². The van der Waals surface area contributed by atoms with Crippen molar-refractivity contribution < 1.29 is 14.0 Å². The molecule has 0 unspecified atom stereocenters. The van der Waals surface area contributed by atoms with E-state index in [1.165, 1.54) is 12.1 Å². The number of nitrogens with one attached hydrogen (secondary N) is 1. The van der Waals surface area contributed by atoms with Crippen LogP contribution in [0.5, 0.6) is 0 Å². The zero-order valence-electron chi connectivity index (χ0n) is 9.59. The Morgan fingerprint density at radius 2 is 2.06 bits per heavy atom. The number of hydrogen-bond donors (Lipinski definition) is 1. The maximum Gasteiger partial charge on any atom is 0.251 e. The molecule has 0 radical (unpaired) electrons. The molecule has 0 aromatic heterocycles. The van der Waals surface area contributed by atoms with Gasteiger partial charge in [0.2, 0.25) is 0 Å². The van der Waals surface area contributed by atoms with Crippen molar-refractivity contribution in [2.24, 2.45) is 5.92 Å². The van der Waals surface area contributed by atoms with Gasteiger partial charge in [0, 0.05) is 11.5 Å². The third-order valence-corrected chi connectivity index (χ3v) is 2.56. The average Bonchev–Trinajstić information content (AvgIpc) is 2.28. The molecule has 1 rings (SSSR count). The van der Waals surface area contributed by atoms with Crippen molar-refractivity contribution >= 4 is 23.3 Å². The van der Waals surface area contributed by atoms with Crippen molar-refractivity contribution in [1.82, 2.24) is 5.32 Å². The van der Waals surface area contributed by atoms with E-state index in [9.17, 15) is 14.0 Å². The van der Waals surface area contributed by atoms with Crippen LogP contribution in [0.15, 0.2) is 18.2 Å². The molecule has 1 amide bonds. The van der Waals surface area contributed by atoms with Crippen LogP contribution in [0.4, 0.5) is 4.39 Å². The monoisotopic (exact) mass is 257 g/mol. The average molecular weight is 258 g/mol. The lowest BCUT2D eigenvalue weighted by Gasteiger charge is -2.07. The van der Waals surface area contributed by atoms with Gasteiger partial charge < -0.3 is 5.32 Å². The first-order valence-electron chi connectivity index (χ1n) is 5.17. The first-order valence-corrected chi connectivity index (χ1v) is 5.55. The first-order chi connectivity index (χ1) is 7.91. The minimum atomic E-state index is -0.658. The van der Waals surface area contributed by atoms with Crippen molar-refractivity contribution in [2.75, 3.05) is 6.54 Å². The summed E-state index contributed by atoms with van der Waals surface area (Å²) in [6.45, 7) is 3.44.